The first-order chi connectivity index (χ1) is 12.2. The SMILES string of the molecule is CC(C)(C)NC(=O)C1CCN(S(=O)(=O)c2ccc3c(c2)CCCC3)CC1. The highest BCUT2D eigenvalue weighted by molar-refractivity contribution is 7.89. The molecule has 1 aliphatic carbocycles. The lowest BCUT2D eigenvalue weighted by Crippen LogP contribution is -2.47. The fraction of sp³-hybridized carbons (Fsp3) is 0.650. The van der Waals surface area contributed by atoms with Crippen molar-refractivity contribution in [2.75, 3.05) is 13.1 Å². The highest BCUT2D eigenvalue weighted by atomic mass is 32.2. The Morgan fingerprint density at radius 3 is 2.31 bits per heavy atom. The van der Waals surface area contributed by atoms with E-state index in [2.05, 4.69) is 5.32 Å². The first kappa shape index (κ1) is 19.4. The molecule has 0 unspecified atom stereocenters. The average molecular weight is 379 g/mol. The molecule has 1 saturated heterocycles. The van der Waals surface area contributed by atoms with E-state index in [1.54, 1.807) is 10.4 Å². The van der Waals surface area contributed by atoms with Crippen molar-refractivity contribution < 1.29 is 13.2 Å². The summed E-state index contributed by atoms with van der Waals surface area (Å²) in [6, 6.07) is 5.59. The Balaban J connectivity index is 1.67. The molecule has 144 valence electrons. The number of amides is 1. The minimum atomic E-state index is -3.48. The van der Waals surface area contributed by atoms with Gasteiger partial charge in [-0.3, -0.25) is 4.79 Å². The number of hydrogen-bond acceptors (Lipinski definition) is 3. The summed E-state index contributed by atoms with van der Waals surface area (Å²) in [5.74, 6) is -0.0764. The van der Waals surface area contributed by atoms with Gasteiger partial charge in [0.15, 0.2) is 0 Å². The van der Waals surface area contributed by atoms with Crippen LogP contribution in [0.15, 0.2) is 23.1 Å². The van der Waals surface area contributed by atoms with Crippen molar-refractivity contribution in [1.29, 1.82) is 0 Å². The van der Waals surface area contributed by atoms with Crippen LogP contribution in [0.4, 0.5) is 0 Å². The first-order valence-corrected chi connectivity index (χ1v) is 11.0. The maximum atomic E-state index is 13.0. The lowest BCUT2D eigenvalue weighted by atomic mass is 9.92. The lowest BCUT2D eigenvalue weighted by molar-refractivity contribution is -0.127. The zero-order valence-electron chi connectivity index (χ0n) is 16.0. The van der Waals surface area contributed by atoms with Crippen LogP contribution < -0.4 is 5.32 Å². The molecular weight excluding hydrogens is 348 g/mol. The number of nitrogens with one attached hydrogen (secondary N) is 1. The molecule has 1 aromatic rings. The maximum Gasteiger partial charge on any atom is 0.243 e. The van der Waals surface area contributed by atoms with Gasteiger partial charge < -0.3 is 5.32 Å². The fourth-order valence-electron chi connectivity index (χ4n) is 3.85. The predicted octanol–water partition coefficient (Wildman–Crippen LogP) is 2.88. The Bertz CT molecular complexity index is 773. The number of carbonyl (C=O) groups excluding carboxylic acids is 1. The topological polar surface area (TPSA) is 66.5 Å². The number of piperidine rings is 1. The summed E-state index contributed by atoms with van der Waals surface area (Å²) < 4.78 is 27.5. The molecule has 1 amide bonds. The minimum absolute atomic E-state index is 0.0309. The molecule has 0 bridgehead atoms. The summed E-state index contributed by atoms with van der Waals surface area (Å²) >= 11 is 0. The van der Waals surface area contributed by atoms with Gasteiger partial charge in [0.1, 0.15) is 0 Å². The van der Waals surface area contributed by atoms with Gasteiger partial charge >= 0.3 is 0 Å². The molecular formula is C20H30N2O3S. The zero-order valence-corrected chi connectivity index (χ0v) is 16.9. The highest BCUT2D eigenvalue weighted by Gasteiger charge is 2.33. The summed E-state index contributed by atoms with van der Waals surface area (Å²) in [5, 5.41) is 3.00. The number of nitrogens with zero attached hydrogens (tertiary/aromatic N) is 1. The van der Waals surface area contributed by atoms with Crippen LogP contribution in [0.3, 0.4) is 0 Å². The Morgan fingerprint density at radius 1 is 1.08 bits per heavy atom. The number of sulfonamides is 1. The van der Waals surface area contributed by atoms with Gasteiger partial charge in [0.05, 0.1) is 4.90 Å². The van der Waals surface area contributed by atoms with Crippen LogP contribution in [0.1, 0.15) is 57.6 Å². The van der Waals surface area contributed by atoms with Crippen LogP contribution in [0.25, 0.3) is 0 Å². The van der Waals surface area contributed by atoms with Gasteiger partial charge in [-0.05, 0) is 82.6 Å². The van der Waals surface area contributed by atoms with E-state index in [0.29, 0.717) is 30.8 Å². The lowest BCUT2D eigenvalue weighted by Gasteiger charge is -2.32. The third-order valence-corrected chi connectivity index (χ3v) is 7.18. The molecule has 1 heterocycles. The van der Waals surface area contributed by atoms with Gasteiger partial charge in [-0.25, -0.2) is 8.42 Å². The Morgan fingerprint density at radius 2 is 1.69 bits per heavy atom. The fourth-order valence-corrected chi connectivity index (χ4v) is 5.37. The van der Waals surface area contributed by atoms with Crippen molar-refractivity contribution in [2.45, 2.75) is 69.7 Å². The van der Waals surface area contributed by atoms with Crippen LogP contribution in [0.5, 0.6) is 0 Å². The molecule has 1 fully saturated rings. The normalized spacial score (nSPS) is 19.8. The standard InChI is InChI=1S/C20H30N2O3S/c1-20(2,3)21-19(23)16-10-12-22(13-11-16)26(24,25)18-9-8-15-6-4-5-7-17(15)14-18/h8-9,14,16H,4-7,10-13H2,1-3H3,(H,21,23). The number of rotatable bonds is 3. The zero-order chi connectivity index (χ0) is 18.9. The summed E-state index contributed by atoms with van der Waals surface area (Å²) in [5.41, 5.74) is 2.20. The van der Waals surface area contributed by atoms with Gasteiger partial charge in [0, 0.05) is 24.5 Å². The van der Waals surface area contributed by atoms with Crippen molar-refractivity contribution in [1.82, 2.24) is 9.62 Å². The Kier molecular flexibility index (Phi) is 5.45. The van der Waals surface area contributed by atoms with Crippen molar-refractivity contribution >= 4 is 15.9 Å². The van der Waals surface area contributed by atoms with Crippen molar-refractivity contribution in [3.63, 3.8) is 0 Å². The number of fused-ring (bicyclic) bond motifs is 1. The number of carbonyl (C=O) groups is 1. The second-order valence-electron chi connectivity index (χ2n) is 8.56. The van der Waals surface area contributed by atoms with Crippen LogP contribution in [-0.4, -0.2) is 37.3 Å². The smallest absolute Gasteiger partial charge is 0.243 e. The highest BCUT2D eigenvalue weighted by Crippen LogP contribution is 2.28. The molecule has 6 heteroatoms. The molecule has 2 aliphatic rings. The van der Waals surface area contributed by atoms with E-state index in [1.165, 1.54) is 17.5 Å². The van der Waals surface area contributed by atoms with Crippen LogP contribution in [-0.2, 0) is 27.7 Å². The van der Waals surface area contributed by atoms with E-state index >= 15 is 0 Å². The van der Waals surface area contributed by atoms with E-state index in [1.807, 2.05) is 32.9 Å². The maximum absolute atomic E-state index is 13.0. The summed E-state index contributed by atoms with van der Waals surface area (Å²) in [6.07, 6.45) is 5.48. The quantitative estimate of drug-likeness (QED) is 0.879. The van der Waals surface area contributed by atoms with Crippen LogP contribution >= 0.6 is 0 Å². The molecule has 3 rings (SSSR count). The van der Waals surface area contributed by atoms with Gasteiger partial charge in [-0.15, -0.1) is 0 Å². The minimum Gasteiger partial charge on any atom is -0.351 e. The molecule has 26 heavy (non-hydrogen) atoms. The molecule has 1 aliphatic heterocycles. The third kappa shape index (κ3) is 4.29. The van der Waals surface area contributed by atoms with E-state index in [9.17, 15) is 13.2 Å². The summed E-state index contributed by atoms with van der Waals surface area (Å²) in [7, 11) is -3.48. The molecule has 1 aromatic carbocycles. The molecule has 0 aromatic heterocycles. The van der Waals surface area contributed by atoms with Crippen molar-refractivity contribution in [3.8, 4) is 0 Å². The van der Waals surface area contributed by atoms with E-state index < -0.39 is 10.0 Å². The monoisotopic (exact) mass is 378 g/mol. The second kappa shape index (κ2) is 7.31. The van der Waals surface area contributed by atoms with Gasteiger partial charge in [0.2, 0.25) is 15.9 Å². The number of aryl methyl sites for hydroxylation is 2. The van der Waals surface area contributed by atoms with Crippen LogP contribution in [0, 0.1) is 5.92 Å². The second-order valence-corrected chi connectivity index (χ2v) is 10.5. The summed E-state index contributed by atoms with van der Waals surface area (Å²) in [4.78, 5) is 12.7. The average Bonchev–Trinajstić information content (AvgIpc) is 2.60. The van der Waals surface area contributed by atoms with Crippen LogP contribution in [0.2, 0.25) is 0 Å². The Labute approximate surface area is 157 Å². The van der Waals surface area contributed by atoms with Gasteiger partial charge in [0.25, 0.3) is 0 Å². The first-order valence-electron chi connectivity index (χ1n) is 9.61. The molecule has 0 spiro atoms. The predicted molar refractivity (Wildman–Crippen MR) is 102 cm³/mol. The molecule has 5 nitrogen and oxygen atoms in total. The largest absolute Gasteiger partial charge is 0.351 e. The van der Waals surface area contributed by atoms with Gasteiger partial charge in [-0.1, -0.05) is 6.07 Å². The Hall–Kier alpha value is -1.40. The third-order valence-electron chi connectivity index (χ3n) is 5.28. The van der Waals surface area contributed by atoms with Crippen molar-refractivity contribution in [3.05, 3.63) is 29.3 Å². The van der Waals surface area contributed by atoms with E-state index in [0.717, 1.165) is 19.3 Å². The van der Waals surface area contributed by atoms with E-state index in [4.69, 9.17) is 0 Å². The summed E-state index contributed by atoms with van der Waals surface area (Å²) in [6.45, 7) is 6.69. The number of hydrogen-bond donors (Lipinski definition) is 1. The molecule has 0 saturated carbocycles. The molecule has 0 radical (unpaired) electrons. The van der Waals surface area contributed by atoms with Crippen molar-refractivity contribution in [2.24, 2.45) is 5.92 Å². The van der Waals surface area contributed by atoms with Gasteiger partial charge in [-0.2, -0.15) is 4.31 Å². The number of benzene rings is 1. The molecule has 1 N–H and O–H groups in total. The molecule has 0 atom stereocenters. The van der Waals surface area contributed by atoms with E-state index in [-0.39, 0.29) is 17.4 Å².